The third-order valence-corrected chi connectivity index (χ3v) is 3.43. The average molecular weight is 264 g/mol. The van der Waals surface area contributed by atoms with Gasteiger partial charge in [-0.3, -0.25) is 4.79 Å². The van der Waals surface area contributed by atoms with Crippen molar-refractivity contribution in [3.8, 4) is 0 Å². The lowest BCUT2D eigenvalue weighted by molar-refractivity contribution is 0.0978. The van der Waals surface area contributed by atoms with Crippen LogP contribution < -0.4 is 0 Å². The molecule has 0 aliphatic heterocycles. The number of benzene rings is 2. The molecule has 0 atom stereocenters. The SMILES string of the molecule is O=C(CCCn1cnc2ccccc21)c1ccccc1. The van der Waals surface area contributed by atoms with Gasteiger partial charge in [-0.05, 0) is 18.6 Å². The lowest BCUT2D eigenvalue weighted by atomic mass is 10.1. The summed E-state index contributed by atoms with van der Waals surface area (Å²) in [6, 6.07) is 17.5. The number of carbonyl (C=O) groups excluding carboxylic acids is 1. The van der Waals surface area contributed by atoms with Crippen LogP contribution in [0.3, 0.4) is 0 Å². The predicted molar refractivity (Wildman–Crippen MR) is 79.7 cm³/mol. The van der Waals surface area contributed by atoms with Gasteiger partial charge in [0.2, 0.25) is 0 Å². The fourth-order valence-electron chi connectivity index (χ4n) is 2.37. The van der Waals surface area contributed by atoms with Crippen LogP contribution in [0, 0.1) is 0 Å². The van der Waals surface area contributed by atoms with E-state index in [1.807, 2.05) is 54.9 Å². The van der Waals surface area contributed by atoms with Crippen molar-refractivity contribution in [2.75, 3.05) is 0 Å². The highest BCUT2D eigenvalue weighted by Gasteiger charge is 2.06. The monoisotopic (exact) mass is 264 g/mol. The van der Waals surface area contributed by atoms with Gasteiger partial charge in [-0.2, -0.15) is 0 Å². The van der Waals surface area contributed by atoms with Crippen molar-refractivity contribution in [3.63, 3.8) is 0 Å². The number of hydrogen-bond acceptors (Lipinski definition) is 2. The summed E-state index contributed by atoms with van der Waals surface area (Å²) in [5, 5.41) is 0. The summed E-state index contributed by atoms with van der Waals surface area (Å²) in [6.07, 6.45) is 3.24. The molecule has 3 heteroatoms. The van der Waals surface area contributed by atoms with Crippen molar-refractivity contribution in [2.45, 2.75) is 19.4 Å². The van der Waals surface area contributed by atoms with Gasteiger partial charge in [0, 0.05) is 18.5 Å². The van der Waals surface area contributed by atoms with Gasteiger partial charge in [-0.15, -0.1) is 0 Å². The van der Waals surface area contributed by atoms with Gasteiger partial charge >= 0.3 is 0 Å². The Kier molecular flexibility index (Phi) is 3.59. The van der Waals surface area contributed by atoms with E-state index in [1.165, 1.54) is 0 Å². The van der Waals surface area contributed by atoms with E-state index in [0.29, 0.717) is 6.42 Å². The third-order valence-electron chi connectivity index (χ3n) is 3.43. The van der Waals surface area contributed by atoms with Gasteiger partial charge in [0.1, 0.15) is 0 Å². The molecule has 0 unspecified atom stereocenters. The molecule has 2 aromatic carbocycles. The number of aryl methyl sites for hydroxylation is 1. The second-order valence-electron chi connectivity index (χ2n) is 4.82. The van der Waals surface area contributed by atoms with E-state index in [9.17, 15) is 4.79 Å². The van der Waals surface area contributed by atoms with Gasteiger partial charge in [0.25, 0.3) is 0 Å². The number of fused-ring (bicyclic) bond motifs is 1. The molecule has 0 radical (unpaired) electrons. The number of rotatable bonds is 5. The zero-order chi connectivity index (χ0) is 13.8. The van der Waals surface area contributed by atoms with Crippen molar-refractivity contribution in [3.05, 3.63) is 66.5 Å². The Bertz CT molecular complexity index is 716. The van der Waals surface area contributed by atoms with Crippen molar-refractivity contribution >= 4 is 16.8 Å². The smallest absolute Gasteiger partial charge is 0.162 e. The first-order valence-electron chi connectivity index (χ1n) is 6.83. The summed E-state index contributed by atoms with van der Waals surface area (Å²) >= 11 is 0. The minimum Gasteiger partial charge on any atom is -0.331 e. The largest absolute Gasteiger partial charge is 0.331 e. The molecule has 0 spiro atoms. The van der Waals surface area contributed by atoms with Crippen LogP contribution in [0.1, 0.15) is 23.2 Å². The molecule has 1 aromatic heterocycles. The highest BCUT2D eigenvalue weighted by Crippen LogP contribution is 2.13. The van der Waals surface area contributed by atoms with Crippen LogP contribution in [0.4, 0.5) is 0 Å². The normalized spacial score (nSPS) is 10.8. The Morgan fingerprint density at radius 3 is 2.60 bits per heavy atom. The van der Waals surface area contributed by atoms with E-state index in [4.69, 9.17) is 0 Å². The van der Waals surface area contributed by atoms with Gasteiger partial charge in [-0.1, -0.05) is 42.5 Å². The number of ketones is 1. The lowest BCUT2D eigenvalue weighted by Crippen LogP contribution is -2.02. The number of carbonyl (C=O) groups is 1. The second-order valence-corrected chi connectivity index (χ2v) is 4.82. The molecule has 0 aliphatic carbocycles. The molecule has 20 heavy (non-hydrogen) atoms. The van der Waals surface area contributed by atoms with Crippen molar-refractivity contribution in [1.29, 1.82) is 0 Å². The van der Waals surface area contributed by atoms with Gasteiger partial charge < -0.3 is 4.57 Å². The number of imidazole rings is 1. The zero-order valence-corrected chi connectivity index (χ0v) is 11.2. The number of aromatic nitrogens is 2. The van der Waals surface area contributed by atoms with Crippen LogP contribution in [0.2, 0.25) is 0 Å². The van der Waals surface area contributed by atoms with E-state index in [-0.39, 0.29) is 5.78 Å². The fraction of sp³-hybridized carbons (Fsp3) is 0.176. The van der Waals surface area contributed by atoms with Crippen LogP contribution >= 0.6 is 0 Å². The Morgan fingerprint density at radius 1 is 1.00 bits per heavy atom. The molecule has 3 nitrogen and oxygen atoms in total. The van der Waals surface area contributed by atoms with Crippen molar-refractivity contribution in [1.82, 2.24) is 9.55 Å². The van der Waals surface area contributed by atoms with E-state index < -0.39 is 0 Å². The zero-order valence-electron chi connectivity index (χ0n) is 11.2. The molecule has 3 rings (SSSR count). The Morgan fingerprint density at radius 2 is 1.75 bits per heavy atom. The maximum Gasteiger partial charge on any atom is 0.162 e. The molecule has 0 amide bonds. The van der Waals surface area contributed by atoms with E-state index >= 15 is 0 Å². The molecule has 0 saturated heterocycles. The first kappa shape index (κ1) is 12.6. The van der Waals surface area contributed by atoms with E-state index in [2.05, 4.69) is 15.6 Å². The Labute approximate surface area is 117 Å². The molecule has 0 N–H and O–H groups in total. The minimum atomic E-state index is 0.204. The maximum atomic E-state index is 12.0. The van der Waals surface area contributed by atoms with E-state index in [0.717, 1.165) is 29.6 Å². The standard InChI is InChI=1S/C17H16N2O/c20-17(14-7-2-1-3-8-14)11-6-12-19-13-18-15-9-4-5-10-16(15)19/h1-5,7-10,13H,6,11-12H2. The summed E-state index contributed by atoms with van der Waals surface area (Å²) in [6.45, 7) is 0.819. The Balaban J connectivity index is 1.62. The quantitative estimate of drug-likeness (QED) is 0.659. The summed E-state index contributed by atoms with van der Waals surface area (Å²) in [5.74, 6) is 0.204. The van der Waals surface area contributed by atoms with Crippen molar-refractivity contribution in [2.24, 2.45) is 0 Å². The maximum absolute atomic E-state index is 12.0. The van der Waals surface area contributed by atoms with Crippen LogP contribution in [0.15, 0.2) is 60.9 Å². The highest BCUT2D eigenvalue weighted by atomic mass is 16.1. The first-order chi connectivity index (χ1) is 9.84. The second kappa shape index (κ2) is 5.70. The number of nitrogens with zero attached hydrogens (tertiary/aromatic N) is 2. The van der Waals surface area contributed by atoms with Gasteiger partial charge in [-0.25, -0.2) is 4.98 Å². The first-order valence-corrected chi connectivity index (χ1v) is 6.83. The molecule has 0 fully saturated rings. The van der Waals surface area contributed by atoms with Gasteiger partial charge in [0.05, 0.1) is 17.4 Å². The molecule has 0 aliphatic rings. The summed E-state index contributed by atoms with van der Waals surface area (Å²) in [7, 11) is 0. The molecular formula is C17H16N2O. The predicted octanol–water partition coefficient (Wildman–Crippen LogP) is 3.70. The van der Waals surface area contributed by atoms with E-state index in [1.54, 1.807) is 0 Å². The minimum absolute atomic E-state index is 0.204. The fourth-order valence-corrected chi connectivity index (χ4v) is 2.37. The van der Waals surface area contributed by atoms with Crippen molar-refractivity contribution < 1.29 is 4.79 Å². The average Bonchev–Trinajstić information content (AvgIpc) is 2.92. The molecule has 1 heterocycles. The Hall–Kier alpha value is -2.42. The lowest BCUT2D eigenvalue weighted by Gasteiger charge is -2.04. The number of para-hydroxylation sites is 2. The van der Waals surface area contributed by atoms with Crippen LogP contribution in [-0.4, -0.2) is 15.3 Å². The number of hydrogen-bond donors (Lipinski definition) is 0. The third kappa shape index (κ3) is 2.62. The topological polar surface area (TPSA) is 34.9 Å². The highest BCUT2D eigenvalue weighted by molar-refractivity contribution is 5.95. The molecular weight excluding hydrogens is 248 g/mol. The molecule has 3 aromatic rings. The summed E-state index contributed by atoms with van der Waals surface area (Å²) in [5.41, 5.74) is 2.92. The van der Waals surface area contributed by atoms with Crippen LogP contribution in [-0.2, 0) is 6.54 Å². The molecule has 100 valence electrons. The summed E-state index contributed by atoms with van der Waals surface area (Å²) < 4.78 is 2.10. The molecule has 0 saturated carbocycles. The van der Waals surface area contributed by atoms with Gasteiger partial charge in [0.15, 0.2) is 5.78 Å². The molecule has 0 bridgehead atoms. The number of Topliss-reactive ketones (excluding diaryl/α,β-unsaturated/α-hetero) is 1. The van der Waals surface area contributed by atoms with Crippen LogP contribution in [0.5, 0.6) is 0 Å². The summed E-state index contributed by atoms with van der Waals surface area (Å²) in [4.78, 5) is 16.4. The van der Waals surface area contributed by atoms with Crippen LogP contribution in [0.25, 0.3) is 11.0 Å².